The molecule has 2 aromatic heterocycles. The van der Waals surface area contributed by atoms with Crippen LogP contribution >= 0.6 is 11.3 Å². The Morgan fingerprint density at radius 3 is 2.69 bits per heavy atom. The molecule has 0 fully saturated rings. The first-order valence-corrected chi connectivity index (χ1v) is 12.9. The van der Waals surface area contributed by atoms with Gasteiger partial charge in [0.25, 0.3) is 5.91 Å². The standard InChI is InChI=1S/C25H20N2O3S2/c1-32(29,30)19-8-4-6-17(15-19)26-25(28)23-20-9-2-3-10-22(20)27-24-16(11-12-21(23)24)14-18-7-5-13-31-18/h2-10,13-15H,11-12H2,1H3,(H,26,28)/b16-14+. The maximum Gasteiger partial charge on any atom is 0.256 e. The summed E-state index contributed by atoms with van der Waals surface area (Å²) in [6.45, 7) is 0. The van der Waals surface area contributed by atoms with Crippen molar-refractivity contribution in [2.75, 3.05) is 11.6 Å². The van der Waals surface area contributed by atoms with Gasteiger partial charge in [0.15, 0.2) is 9.84 Å². The van der Waals surface area contributed by atoms with Crippen LogP contribution in [0.1, 0.15) is 32.9 Å². The van der Waals surface area contributed by atoms with Crippen molar-refractivity contribution in [3.05, 3.63) is 87.7 Å². The predicted molar refractivity (Wildman–Crippen MR) is 130 cm³/mol. The van der Waals surface area contributed by atoms with E-state index in [1.807, 2.05) is 35.7 Å². The lowest BCUT2D eigenvalue weighted by Crippen LogP contribution is -2.16. The van der Waals surface area contributed by atoms with E-state index in [2.05, 4.69) is 17.5 Å². The van der Waals surface area contributed by atoms with Gasteiger partial charge in [0.1, 0.15) is 0 Å². The molecule has 7 heteroatoms. The Kier molecular flexibility index (Phi) is 5.15. The number of para-hydroxylation sites is 1. The lowest BCUT2D eigenvalue weighted by molar-refractivity contribution is 0.102. The van der Waals surface area contributed by atoms with Crippen LogP contribution in [0.2, 0.25) is 0 Å². The van der Waals surface area contributed by atoms with E-state index in [-0.39, 0.29) is 10.8 Å². The lowest BCUT2D eigenvalue weighted by Gasteiger charge is -2.13. The zero-order valence-electron chi connectivity index (χ0n) is 17.3. The number of anilines is 1. The van der Waals surface area contributed by atoms with Gasteiger partial charge in [0.05, 0.1) is 21.7 Å². The molecule has 2 aromatic carbocycles. The molecule has 2 heterocycles. The van der Waals surface area contributed by atoms with Crippen molar-refractivity contribution in [3.8, 4) is 0 Å². The van der Waals surface area contributed by atoms with E-state index >= 15 is 0 Å². The van der Waals surface area contributed by atoms with E-state index < -0.39 is 9.84 Å². The molecule has 1 aliphatic rings. The number of carbonyl (C=O) groups is 1. The van der Waals surface area contributed by atoms with E-state index in [0.717, 1.165) is 51.7 Å². The molecule has 0 unspecified atom stereocenters. The molecule has 1 N–H and O–H groups in total. The molecule has 0 saturated carbocycles. The first kappa shape index (κ1) is 20.6. The predicted octanol–water partition coefficient (Wildman–Crippen LogP) is 5.44. The zero-order valence-corrected chi connectivity index (χ0v) is 19.0. The Morgan fingerprint density at radius 1 is 1.06 bits per heavy atom. The van der Waals surface area contributed by atoms with Crippen molar-refractivity contribution in [2.45, 2.75) is 17.7 Å². The molecule has 0 bridgehead atoms. The van der Waals surface area contributed by atoms with Crippen LogP contribution in [0.15, 0.2) is 70.9 Å². The number of pyridine rings is 1. The number of rotatable bonds is 4. The minimum absolute atomic E-state index is 0.168. The maximum absolute atomic E-state index is 13.5. The molecule has 5 rings (SSSR count). The number of hydrogen-bond acceptors (Lipinski definition) is 5. The van der Waals surface area contributed by atoms with Crippen LogP contribution < -0.4 is 5.32 Å². The summed E-state index contributed by atoms with van der Waals surface area (Å²) >= 11 is 1.67. The van der Waals surface area contributed by atoms with Gasteiger partial charge >= 0.3 is 0 Å². The number of amides is 1. The van der Waals surface area contributed by atoms with Crippen LogP contribution in [0.25, 0.3) is 22.6 Å². The number of aromatic nitrogens is 1. The summed E-state index contributed by atoms with van der Waals surface area (Å²) in [7, 11) is -3.37. The zero-order chi connectivity index (χ0) is 22.3. The summed E-state index contributed by atoms with van der Waals surface area (Å²) in [6.07, 6.45) is 4.85. The highest BCUT2D eigenvalue weighted by Crippen LogP contribution is 2.38. The van der Waals surface area contributed by atoms with Crippen LogP contribution in [0.3, 0.4) is 0 Å². The summed E-state index contributed by atoms with van der Waals surface area (Å²) in [5.41, 5.74) is 4.74. The van der Waals surface area contributed by atoms with E-state index in [0.29, 0.717) is 11.3 Å². The van der Waals surface area contributed by atoms with Crippen LogP contribution in [0, 0.1) is 0 Å². The summed E-state index contributed by atoms with van der Waals surface area (Å²) in [5, 5.41) is 5.74. The third kappa shape index (κ3) is 3.85. The van der Waals surface area contributed by atoms with Crippen LogP contribution in [0.5, 0.6) is 0 Å². The summed E-state index contributed by atoms with van der Waals surface area (Å²) < 4.78 is 23.8. The molecular weight excluding hydrogens is 440 g/mol. The molecule has 0 saturated heterocycles. The average molecular weight is 461 g/mol. The SMILES string of the molecule is CS(=O)(=O)c1cccc(NC(=O)c2c3c(nc4ccccc24)/C(=C/c2cccs2)CC3)c1. The number of benzene rings is 2. The second-order valence-corrected chi connectivity index (χ2v) is 10.8. The number of nitrogens with zero attached hydrogens (tertiary/aromatic N) is 1. The largest absolute Gasteiger partial charge is 0.322 e. The van der Waals surface area contributed by atoms with Gasteiger partial charge in [-0.05, 0) is 65.8 Å². The second kappa shape index (κ2) is 8.00. The van der Waals surface area contributed by atoms with Gasteiger partial charge in [0, 0.05) is 22.2 Å². The van der Waals surface area contributed by atoms with Gasteiger partial charge in [-0.1, -0.05) is 30.3 Å². The lowest BCUT2D eigenvalue weighted by atomic mass is 10.00. The van der Waals surface area contributed by atoms with Crippen LogP contribution in [-0.4, -0.2) is 25.6 Å². The monoisotopic (exact) mass is 460 g/mol. The Hall–Kier alpha value is -3.29. The molecule has 32 heavy (non-hydrogen) atoms. The van der Waals surface area contributed by atoms with Gasteiger partial charge < -0.3 is 5.32 Å². The van der Waals surface area contributed by atoms with Crippen molar-refractivity contribution in [3.63, 3.8) is 0 Å². The average Bonchev–Trinajstić information content (AvgIpc) is 3.42. The molecule has 0 atom stereocenters. The van der Waals surface area contributed by atoms with Crippen molar-refractivity contribution in [2.24, 2.45) is 0 Å². The molecular formula is C25H20N2O3S2. The number of nitrogens with one attached hydrogen (secondary N) is 1. The molecule has 0 spiro atoms. The topological polar surface area (TPSA) is 76.1 Å². The molecule has 1 aliphatic carbocycles. The Balaban J connectivity index is 1.61. The fourth-order valence-corrected chi connectivity index (χ4v) is 5.43. The van der Waals surface area contributed by atoms with Crippen molar-refractivity contribution in [1.82, 2.24) is 4.98 Å². The van der Waals surface area contributed by atoms with E-state index in [1.165, 1.54) is 12.1 Å². The number of allylic oxidation sites excluding steroid dienone is 1. The number of hydrogen-bond donors (Lipinski definition) is 1. The Labute approximate surface area is 190 Å². The number of sulfone groups is 1. The third-order valence-corrected chi connectivity index (χ3v) is 7.48. The highest BCUT2D eigenvalue weighted by atomic mass is 32.2. The first-order chi connectivity index (χ1) is 15.4. The molecule has 5 nitrogen and oxygen atoms in total. The van der Waals surface area contributed by atoms with Crippen LogP contribution in [-0.2, 0) is 16.3 Å². The quantitative estimate of drug-likeness (QED) is 0.440. The summed E-state index contributed by atoms with van der Waals surface area (Å²) in [6, 6.07) is 18.0. The van der Waals surface area contributed by atoms with Crippen molar-refractivity contribution in [1.29, 1.82) is 0 Å². The van der Waals surface area contributed by atoms with E-state index in [4.69, 9.17) is 4.98 Å². The fourth-order valence-electron chi connectivity index (χ4n) is 4.08. The highest BCUT2D eigenvalue weighted by molar-refractivity contribution is 7.90. The van der Waals surface area contributed by atoms with Crippen molar-refractivity contribution >= 4 is 55.3 Å². The molecule has 0 aliphatic heterocycles. The van der Waals surface area contributed by atoms with Crippen LogP contribution in [0.4, 0.5) is 5.69 Å². The van der Waals surface area contributed by atoms with E-state index in [9.17, 15) is 13.2 Å². The second-order valence-electron chi connectivity index (χ2n) is 7.77. The molecule has 4 aromatic rings. The van der Waals surface area contributed by atoms with E-state index in [1.54, 1.807) is 23.5 Å². The van der Waals surface area contributed by atoms with Gasteiger partial charge in [-0.2, -0.15) is 0 Å². The van der Waals surface area contributed by atoms with Crippen molar-refractivity contribution < 1.29 is 13.2 Å². The minimum Gasteiger partial charge on any atom is -0.322 e. The summed E-state index contributed by atoms with van der Waals surface area (Å²) in [4.78, 5) is 19.7. The fraction of sp³-hybridized carbons (Fsp3) is 0.120. The number of carbonyl (C=O) groups excluding carboxylic acids is 1. The Bertz CT molecular complexity index is 1490. The Morgan fingerprint density at radius 2 is 1.91 bits per heavy atom. The molecule has 1 amide bonds. The number of thiophene rings is 1. The minimum atomic E-state index is -3.37. The number of fused-ring (bicyclic) bond motifs is 2. The highest BCUT2D eigenvalue weighted by Gasteiger charge is 2.27. The molecule has 160 valence electrons. The van der Waals surface area contributed by atoms with Gasteiger partial charge in [-0.3, -0.25) is 4.79 Å². The van der Waals surface area contributed by atoms with Gasteiger partial charge in [0.2, 0.25) is 0 Å². The first-order valence-electron chi connectivity index (χ1n) is 10.2. The normalized spacial score (nSPS) is 14.6. The molecule has 0 radical (unpaired) electrons. The van der Waals surface area contributed by atoms with Gasteiger partial charge in [-0.15, -0.1) is 11.3 Å². The van der Waals surface area contributed by atoms with Gasteiger partial charge in [-0.25, -0.2) is 13.4 Å². The summed E-state index contributed by atoms with van der Waals surface area (Å²) in [5.74, 6) is -0.261. The third-order valence-electron chi connectivity index (χ3n) is 5.55. The maximum atomic E-state index is 13.5. The smallest absolute Gasteiger partial charge is 0.256 e.